The minimum absolute atomic E-state index is 0.951. The Morgan fingerprint density at radius 2 is 2.14 bits per heavy atom. The molecule has 1 aromatic heterocycles. The second-order valence-corrected chi connectivity index (χ2v) is 3.66. The van der Waals surface area contributed by atoms with Crippen LogP contribution in [0.2, 0.25) is 0 Å². The Kier molecular flexibility index (Phi) is 1.70. The number of rotatable bonds is 1. The van der Waals surface area contributed by atoms with Crippen LogP contribution in [0.5, 0.6) is 0 Å². The lowest BCUT2D eigenvalue weighted by molar-refractivity contribution is 0.851. The smallest absolute Gasteiger partial charge is 0.107 e. The van der Waals surface area contributed by atoms with Crippen molar-refractivity contribution in [3.8, 4) is 0 Å². The molecule has 1 aromatic carbocycles. The Morgan fingerprint density at radius 3 is 2.93 bits per heavy atom. The van der Waals surface area contributed by atoms with Crippen molar-refractivity contribution < 1.29 is 0 Å². The summed E-state index contributed by atoms with van der Waals surface area (Å²) in [7, 11) is 0. The third-order valence-corrected chi connectivity index (χ3v) is 2.72. The molecule has 1 aliphatic rings. The fourth-order valence-electron chi connectivity index (χ4n) is 1.94. The summed E-state index contributed by atoms with van der Waals surface area (Å²) in [6.07, 6.45) is 0. The van der Waals surface area contributed by atoms with E-state index in [2.05, 4.69) is 45.5 Å². The predicted molar refractivity (Wildman–Crippen MR) is 58.5 cm³/mol. The second-order valence-electron chi connectivity index (χ2n) is 3.66. The third kappa shape index (κ3) is 1.17. The quantitative estimate of drug-likeness (QED) is 0.709. The van der Waals surface area contributed by atoms with E-state index in [1.807, 2.05) is 0 Å². The summed E-state index contributed by atoms with van der Waals surface area (Å²) in [6.45, 7) is 3.12. The first-order chi connectivity index (χ1) is 6.93. The van der Waals surface area contributed by atoms with E-state index in [0.717, 1.165) is 19.8 Å². The monoisotopic (exact) mass is 187 g/mol. The van der Waals surface area contributed by atoms with Gasteiger partial charge in [-0.3, -0.25) is 5.32 Å². The molecule has 2 N–H and O–H groups in total. The average molecular weight is 187 g/mol. The van der Waals surface area contributed by atoms with Crippen molar-refractivity contribution in [2.24, 2.45) is 0 Å². The summed E-state index contributed by atoms with van der Waals surface area (Å²) in [5.41, 5.74) is 1.22. The molecule has 2 aromatic rings. The number of hydrogen-bond acceptors (Lipinski definition) is 2. The number of nitrogens with zero attached hydrogens (tertiary/aromatic N) is 1. The zero-order chi connectivity index (χ0) is 9.38. The fraction of sp³-hybridized carbons (Fsp3) is 0.273. The summed E-state index contributed by atoms with van der Waals surface area (Å²) in [5, 5.41) is 4.61. The molecule has 0 amide bonds. The van der Waals surface area contributed by atoms with Gasteiger partial charge in [-0.05, 0) is 12.1 Å². The van der Waals surface area contributed by atoms with Crippen LogP contribution in [-0.2, 0) is 0 Å². The number of nitrogens with one attached hydrogen (secondary N) is 2. The minimum atomic E-state index is 0.951. The van der Waals surface area contributed by atoms with Crippen LogP contribution in [0.15, 0.2) is 30.3 Å². The molecule has 0 bridgehead atoms. The van der Waals surface area contributed by atoms with Crippen LogP contribution in [0.25, 0.3) is 10.9 Å². The number of benzene rings is 1. The molecule has 0 radical (unpaired) electrons. The Balaban J connectivity index is 2.05. The summed E-state index contributed by atoms with van der Waals surface area (Å²) >= 11 is 0. The van der Waals surface area contributed by atoms with Crippen molar-refractivity contribution in [3.05, 3.63) is 30.3 Å². The van der Waals surface area contributed by atoms with Gasteiger partial charge in [0.25, 0.3) is 0 Å². The van der Waals surface area contributed by atoms with Gasteiger partial charge in [0.05, 0.1) is 6.67 Å². The minimum Gasteiger partial charge on any atom is -0.344 e. The van der Waals surface area contributed by atoms with Crippen molar-refractivity contribution in [2.45, 2.75) is 0 Å². The molecule has 1 aliphatic heterocycles. The van der Waals surface area contributed by atoms with E-state index in [1.54, 1.807) is 0 Å². The molecule has 1 fully saturated rings. The Morgan fingerprint density at radius 1 is 1.21 bits per heavy atom. The van der Waals surface area contributed by atoms with Crippen LogP contribution in [0, 0.1) is 0 Å². The van der Waals surface area contributed by atoms with E-state index in [-0.39, 0.29) is 0 Å². The normalized spacial score (nSPS) is 16.7. The van der Waals surface area contributed by atoms with E-state index in [1.165, 1.54) is 16.7 Å². The lowest BCUT2D eigenvalue weighted by atomic mass is 10.2. The highest BCUT2D eigenvalue weighted by Crippen LogP contribution is 2.21. The maximum atomic E-state index is 3.42. The van der Waals surface area contributed by atoms with Gasteiger partial charge in [-0.1, -0.05) is 18.2 Å². The first-order valence-corrected chi connectivity index (χ1v) is 4.97. The number of aromatic amines is 1. The Hall–Kier alpha value is -1.48. The Labute approximate surface area is 82.7 Å². The molecular weight excluding hydrogens is 174 g/mol. The van der Waals surface area contributed by atoms with Crippen LogP contribution in [0.4, 0.5) is 5.82 Å². The molecule has 3 rings (SSSR count). The van der Waals surface area contributed by atoms with Crippen molar-refractivity contribution in [1.82, 2.24) is 10.3 Å². The molecule has 0 atom stereocenters. The molecule has 0 spiro atoms. The van der Waals surface area contributed by atoms with Gasteiger partial charge in [0.1, 0.15) is 5.82 Å². The van der Waals surface area contributed by atoms with E-state index >= 15 is 0 Å². The molecule has 0 saturated carbocycles. The van der Waals surface area contributed by atoms with Gasteiger partial charge in [0, 0.05) is 24.0 Å². The molecule has 1 saturated heterocycles. The summed E-state index contributed by atoms with van der Waals surface area (Å²) in [5.74, 6) is 1.22. The highest BCUT2D eigenvalue weighted by molar-refractivity contribution is 5.83. The number of para-hydroxylation sites is 1. The number of H-pyrrole nitrogens is 1. The van der Waals surface area contributed by atoms with Crippen molar-refractivity contribution in [1.29, 1.82) is 0 Å². The SMILES string of the molecule is c1ccc2[nH]c(N3CCNC3)cc2c1. The summed E-state index contributed by atoms with van der Waals surface area (Å²) < 4.78 is 0. The van der Waals surface area contributed by atoms with Crippen LogP contribution < -0.4 is 10.2 Å². The molecule has 72 valence electrons. The molecule has 14 heavy (non-hydrogen) atoms. The maximum absolute atomic E-state index is 3.42. The van der Waals surface area contributed by atoms with Crippen molar-refractivity contribution in [3.63, 3.8) is 0 Å². The zero-order valence-electron chi connectivity index (χ0n) is 7.96. The summed E-state index contributed by atoms with van der Waals surface area (Å²) in [6, 6.07) is 10.6. The maximum Gasteiger partial charge on any atom is 0.107 e. The molecule has 2 heterocycles. The van der Waals surface area contributed by atoms with Crippen LogP contribution in [0.3, 0.4) is 0 Å². The van der Waals surface area contributed by atoms with Gasteiger partial charge in [-0.25, -0.2) is 0 Å². The van der Waals surface area contributed by atoms with Gasteiger partial charge in [-0.15, -0.1) is 0 Å². The first-order valence-electron chi connectivity index (χ1n) is 4.97. The molecule has 3 nitrogen and oxygen atoms in total. The highest BCUT2D eigenvalue weighted by Gasteiger charge is 2.12. The second kappa shape index (κ2) is 3.03. The highest BCUT2D eigenvalue weighted by atomic mass is 15.3. The zero-order valence-corrected chi connectivity index (χ0v) is 7.96. The van der Waals surface area contributed by atoms with E-state index in [9.17, 15) is 0 Å². The average Bonchev–Trinajstić information content (AvgIpc) is 2.86. The van der Waals surface area contributed by atoms with Crippen LogP contribution in [-0.4, -0.2) is 24.7 Å². The number of fused-ring (bicyclic) bond motifs is 1. The van der Waals surface area contributed by atoms with E-state index < -0.39 is 0 Å². The van der Waals surface area contributed by atoms with Crippen molar-refractivity contribution in [2.75, 3.05) is 24.7 Å². The molecule has 3 heteroatoms. The topological polar surface area (TPSA) is 31.1 Å². The molecule has 0 aliphatic carbocycles. The molecular formula is C11H13N3. The third-order valence-electron chi connectivity index (χ3n) is 2.72. The molecule has 0 unspecified atom stereocenters. The van der Waals surface area contributed by atoms with Gasteiger partial charge in [0.15, 0.2) is 0 Å². The van der Waals surface area contributed by atoms with E-state index in [0.29, 0.717) is 0 Å². The fourth-order valence-corrected chi connectivity index (χ4v) is 1.94. The van der Waals surface area contributed by atoms with Crippen LogP contribution >= 0.6 is 0 Å². The van der Waals surface area contributed by atoms with E-state index in [4.69, 9.17) is 0 Å². The standard InChI is InChI=1S/C11H13N3/c1-2-4-10-9(3-1)7-11(13-10)14-6-5-12-8-14/h1-4,7,12-13H,5-6,8H2. The summed E-state index contributed by atoms with van der Waals surface area (Å²) in [4.78, 5) is 5.74. The van der Waals surface area contributed by atoms with Gasteiger partial charge < -0.3 is 9.88 Å². The van der Waals surface area contributed by atoms with Gasteiger partial charge in [0.2, 0.25) is 0 Å². The van der Waals surface area contributed by atoms with Gasteiger partial charge in [-0.2, -0.15) is 0 Å². The van der Waals surface area contributed by atoms with Crippen molar-refractivity contribution >= 4 is 16.7 Å². The number of hydrogen-bond donors (Lipinski definition) is 2. The lowest BCUT2D eigenvalue weighted by Gasteiger charge is -2.13. The van der Waals surface area contributed by atoms with Crippen LogP contribution in [0.1, 0.15) is 0 Å². The number of aromatic nitrogens is 1. The predicted octanol–water partition coefficient (Wildman–Crippen LogP) is 1.53. The van der Waals surface area contributed by atoms with Gasteiger partial charge >= 0.3 is 0 Å². The Bertz CT molecular complexity index is 407. The first kappa shape index (κ1) is 7.88. The lowest BCUT2D eigenvalue weighted by Crippen LogP contribution is -2.21. The largest absolute Gasteiger partial charge is 0.344 e. The number of anilines is 1.